The lowest BCUT2D eigenvalue weighted by molar-refractivity contribution is 1.20. The molecule has 0 saturated carbocycles. The largest absolute Gasteiger partial charge is 0.338 e. The highest BCUT2D eigenvalue weighted by Gasteiger charge is 2.16. The number of imidazole rings is 1. The number of fused-ring (bicyclic) bond motifs is 2. The van der Waals surface area contributed by atoms with Crippen LogP contribution in [0.25, 0.3) is 39.2 Å². The summed E-state index contributed by atoms with van der Waals surface area (Å²) in [7, 11) is 0. The molecule has 0 fully saturated rings. The van der Waals surface area contributed by atoms with Crippen LogP contribution < -0.4 is 0 Å². The Balaban J connectivity index is 1.85. The molecular weight excluding hydrogens is 294 g/mol. The van der Waals surface area contributed by atoms with Gasteiger partial charge in [-0.15, -0.1) is 0 Å². The van der Waals surface area contributed by atoms with Gasteiger partial charge in [-0.3, -0.25) is 0 Å². The van der Waals surface area contributed by atoms with Crippen LogP contribution in [0.15, 0.2) is 85.1 Å². The first-order valence-electron chi connectivity index (χ1n) is 8.01. The summed E-state index contributed by atoms with van der Waals surface area (Å²) in [6.07, 6.45) is 2.10. The van der Waals surface area contributed by atoms with Gasteiger partial charge >= 0.3 is 0 Å². The molecule has 0 radical (unpaired) electrons. The number of aromatic amines is 1. The lowest BCUT2D eigenvalue weighted by atomic mass is 10.1. The highest BCUT2D eigenvalue weighted by atomic mass is 15.0. The zero-order valence-electron chi connectivity index (χ0n) is 13.0. The third-order valence-corrected chi connectivity index (χ3v) is 4.37. The molecule has 0 unspecified atom stereocenters. The Hall–Kier alpha value is -3.33. The molecule has 0 atom stereocenters. The van der Waals surface area contributed by atoms with Crippen molar-refractivity contribution >= 4 is 16.6 Å². The van der Waals surface area contributed by atoms with Crippen LogP contribution in [-0.2, 0) is 0 Å². The minimum Gasteiger partial charge on any atom is -0.338 e. The molecule has 3 aromatic heterocycles. The molecule has 114 valence electrons. The number of nitrogens with one attached hydrogen (secondary N) is 1. The fourth-order valence-corrected chi connectivity index (χ4v) is 3.28. The van der Waals surface area contributed by atoms with Crippen molar-refractivity contribution in [2.24, 2.45) is 0 Å². The van der Waals surface area contributed by atoms with Crippen molar-refractivity contribution < 1.29 is 0 Å². The van der Waals surface area contributed by atoms with Crippen LogP contribution in [-0.4, -0.2) is 14.4 Å². The van der Waals surface area contributed by atoms with Crippen LogP contribution in [0.4, 0.5) is 0 Å². The van der Waals surface area contributed by atoms with E-state index in [0.29, 0.717) is 0 Å². The lowest BCUT2D eigenvalue weighted by Gasteiger charge is -2.05. The second kappa shape index (κ2) is 5.10. The summed E-state index contributed by atoms with van der Waals surface area (Å²) in [4.78, 5) is 8.25. The van der Waals surface area contributed by atoms with Crippen LogP contribution in [0.5, 0.6) is 0 Å². The smallest absolute Gasteiger partial charge is 0.140 e. The Labute approximate surface area is 139 Å². The summed E-state index contributed by atoms with van der Waals surface area (Å²) < 4.78 is 2.22. The minimum atomic E-state index is 0.902. The van der Waals surface area contributed by atoms with Crippen molar-refractivity contribution in [3.05, 3.63) is 85.1 Å². The molecule has 3 nitrogen and oxygen atoms in total. The van der Waals surface area contributed by atoms with Gasteiger partial charge in [0.2, 0.25) is 0 Å². The molecule has 0 aliphatic carbocycles. The Kier molecular flexibility index (Phi) is 2.79. The van der Waals surface area contributed by atoms with Gasteiger partial charge in [-0.1, -0.05) is 48.5 Å². The Morgan fingerprint density at radius 3 is 2.46 bits per heavy atom. The fraction of sp³-hybridized carbons (Fsp3) is 0. The number of para-hydroxylation sites is 2. The number of hydrogen-bond acceptors (Lipinski definition) is 1. The predicted octanol–water partition coefficient (Wildman–Crippen LogP) is 5.15. The van der Waals surface area contributed by atoms with Gasteiger partial charge in [0.05, 0.1) is 16.7 Å². The summed E-state index contributed by atoms with van der Waals surface area (Å²) in [5, 5.41) is 0. The van der Waals surface area contributed by atoms with Crippen LogP contribution >= 0.6 is 0 Å². The predicted molar refractivity (Wildman–Crippen MR) is 97.9 cm³/mol. The van der Waals surface area contributed by atoms with E-state index in [-0.39, 0.29) is 0 Å². The van der Waals surface area contributed by atoms with E-state index in [1.54, 1.807) is 0 Å². The minimum absolute atomic E-state index is 0.902. The number of hydrogen-bond donors (Lipinski definition) is 1. The molecule has 3 heterocycles. The van der Waals surface area contributed by atoms with E-state index >= 15 is 0 Å². The second-order valence-corrected chi connectivity index (χ2v) is 5.87. The maximum Gasteiger partial charge on any atom is 0.140 e. The maximum absolute atomic E-state index is 4.80. The van der Waals surface area contributed by atoms with E-state index in [4.69, 9.17) is 4.98 Å². The van der Waals surface area contributed by atoms with Gasteiger partial charge in [0, 0.05) is 17.3 Å². The molecule has 2 aromatic carbocycles. The van der Waals surface area contributed by atoms with Gasteiger partial charge in [0.25, 0.3) is 0 Å². The van der Waals surface area contributed by atoms with Gasteiger partial charge < -0.3 is 9.38 Å². The van der Waals surface area contributed by atoms with Gasteiger partial charge in [-0.2, -0.15) is 0 Å². The van der Waals surface area contributed by atoms with E-state index in [1.807, 2.05) is 24.3 Å². The van der Waals surface area contributed by atoms with Crippen LogP contribution in [0.1, 0.15) is 0 Å². The van der Waals surface area contributed by atoms with Crippen LogP contribution in [0, 0.1) is 0 Å². The number of aromatic nitrogens is 3. The first-order chi connectivity index (χ1) is 11.9. The average Bonchev–Trinajstić information content (AvgIpc) is 3.23. The normalized spacial score (nSPS) is 11.3. The van der Waals surface area contributed by atoms with Crippen LogP contribution in [0.3, 0.4) is 0 Å². The zero-order chi connectivity index (χ0) is 15.9. The van der Waals surface area contributed by atoms with Crippen molar-refractivity contribution in [3.63, 3.8) is 0 Å². The fourth-order valence-electron chi connectivity index (χ4n) is 3.28. The molecule has 0 amide bonds. The molecular formula is C21H15N3. The first-order valence-corrected chi connectivity index (χ1v) is 8.01. The maximum atomic E-state index is 4.80. The molecule has 0 saturated heterocycles. The summed E-state index contributed by atoms with van der Waals surface area (Å²) in [6.45, 7) is 0. The van der Waals surface area contributed by atoms with Crippen LogP contribution in [0.2, 0.25) is 0 Å². The third kappa shape index (κ3) is 1.95. The van der Waals surface area contributed by atoms with Gasteiger partial charge in [-0.25, -0.2) is 4.98 Å². The van der Waals surface area contributed by atoms with E-state index < -0.39 is 0 Å². The summed E-state index contributed by atoms with van der Waals surface area (Å²) >= 11 is 0. The third-order valence-electron chi connectivity index (χ3n) is 4.37. The first kappa shape index (κ1) is 13.1. The van der Waals surface area contributed by atoms with Gasteiger partial charge in [0.15, 0.2) is 0 Å². The number of benzene rings is 2. The van der Waals surface area contributed by atoms with E-state index in [9.17, 15) is 0 Å². The lowest BCUT2D eigenvalue weighted by Crippen LogP contribution is -1.89. The Bertz CT molecular complexity index is 1120. The second-order valence-electron chi connectivity index (χ2n) is 5.87. The average molecular weight is 309 g/mol. The molecule has 0 aliphatic heterocycles. The van der Waals surface area contributed by atoms with Gasteiger partial charge in [0.1, 0.15) is 5.82 Å². The van der Waals surface area contributed by atoms with Gasteiger partial charge in [-0.05, 0) is 35.9 Å². The molecule has 0 spiro atoms. The molecule has 0 bridgehead atoms. The number of pyridine rings is 1. The molecule has 0 aliphatic rings. The van der Waals surface area contributed by atoms with Crippen molar-refractivity contribution in [1.29, 1.82) is 0 Å². The molecule has 5 aromatic rings. The topological polar surface area (TPSA) is 33.1 Å². The Morgan fingerprint density at radius 2 is 1.58 bits per heavy atom. The Morgan fingerprint density at radius 1 is 0.792 bits per heavy atom. The molecule has 24 heavy (non-hydrogen) atoms. The summed E-state index contributed by atoms with van der Waals surface area (Å²) in [5.41, 5.74) is 6.66. The summed E-state index contributed by atoms with van der Waals surface area (Å²) in [6, 6.07) is 27.0. The van der Waals surface area contributed by atoms with Crippen molar-refractivity contribution in [1.82, 2.24) is 14.4 Å². The van der Waals surface area contributed by atoms with E-state index in [1.165, 1.54) is 5.56 Å². The molecule has 3 heteroatoms. The van der Waals surface area contributed by atoms with E-state index in [0.717, 1.165) is 33.6 Å². The SMILES string of the molecule is c1ccc(-c2c(-c3nc4ccccc4[nH]3)cc3ccccn23)cc1. The highest BCUT2D eigenvalue weighted by Crippen LogP contribution is 2.34. The summed E-state index contributed by atoms with van der Waals surface area (Å²) in [5.74, 6) is 0.902. The van der Waals surface area contributed by atoms with E-state index in [2.05, 4.69) is 70.2 Å². The number of H-pyrrole nitrogens is 1. The quantitative estimate of drug-likeness (QED) is 0.480. The standard InChI is InChI=1S/C21H15N3/c1-2-8-15(9-3-1)20-17(14-16-10-6-7-13-24(16)20)21-22-18-11-4-5-12-19(18)23-21/h1-14H,(H,22,23). The van der Waals surface area contributed by atoms with Crippen molar-refractivity contribution in [2.45, 2.75) is 0 Å². The number of rotatable bonds is 2. The molecule has 5 rings (SSSR count). The van der Waals surface area contributed by atoms with Crippen molar-refractivity contribution in [3.8, 4) is 22.6 Å². The monoisotopic (exact) mass is 309 g/mol. The highest BCUT2D eigenvalue weighted by molar-refractivity contribution is 5.88. The zero-order valence-corrected chi connectivity index (χ0v) is 13.0. The number of nitrogens with zero attached hydrogens (tertiary/aromatic N) is 2. The van der Waals surface area contributed by atoms with Crippen molar-refractivity contribution in [2.75, 3.05) is 0 Å². The molecule has 1 N–H and O–H groups in total.